The van der Waals surface area contributed by atoms with Gasteiger partial charge in [0.15, 0.2) is 0 Å². The maximum atomic E-state index is 10.1. The lowest BCUT2D eigenvalue weighted by Crippen LogP contribution is -2.33. The smallest absolute Gasteiger partial charge is 0.134 e. The number of likely N-dealkylation sites (tertiary alicyclic amines) is 1. The molecular weight excluding hydrogens is 458 g/mol. The van der Waals surface area contributed by atoms with Gasteiger partial charge < -0.3 is 19.7 Å². The molecule has 0 radical (unpaired) electrons. The number of thioether (sulfide) groups is 1. The molecule has 184 valence electrons. The van der Waals surface area contributed by atoms with Crippen LogP contribution in [-0.2, 0) is 0 Å². The maximum absolute atomic E-state index is 10.1. The number of ether oxygens (including phenoxy) is 2. The molecule has 0 unspecified atom stereocenters. The van der Waals surface area contributed by atoms with Crippen LogP contribution in [0, 0.1) is 5.92 Å². The van der Waals surface area contributed by atoms with Crippen molar-refractivity contribution in [3.05, 3.63) is 66.2 Å². The number of fused-ring (bicyclic) bond motifs is 1. The van der Waals surface area contributed by atoms with Crippen LogP contribution in [0.3, 0.4) is 0 Å². The monoisotopic (exact) mass is 491 g/mol. The van der Waals surface area contributed by atoms with Crippen molar-refractivity contribution in [1.29, 1.82) is 0 Å². The number of phenols is 2. The van der Waals surface area contributed by atoms with Gasteiger partial charge in [0, 0.05) is 23.9 Å². The van der Waals surface area contributed by atoms with Crippen LogP contribution in [0.4, 0.5) is 0 Å². The van der Waals surface area contributed by atoms with Crippen molar-refractivity contribution >= 4 is 11.8 Å². The molecule has 6 heteroatoms. The second-order valence-electron chi connectivity index (χ2n) is 9.43. The molecule has 3 aromatic carbocycles. The number of hydrogen-bond acceptors (Lipinski definition) is 6. The summed E-state index contributed by atoms with van der Waals surface area (Å²) >= 11 is 1.68. The van der Waals surface area contributed by atoms with E-state index in [0.29, 0.717) is 12.6 Å². The molecule has 0 aromatic heterocycles. The second kappa shape index (κ2) is 10.4. The lowest BCUT2D eigenvalue weighted by Gasteiger charge is -2.28. The van der Waals surface area contributed by atoms with Gasteiger partial charge in [-0.05, 0) is 79.4 Å². The zero-order valence-corrected chi connectivity index (χ0v) is 21.1. The van der Waals surface area contributed by atoms with E-state index in [2.05, 4.69) is 30.9 Å². The fourth-order valence-corrected chi connectivity index (χ4v) is 6.30. The topological polar surface area (TPSA) is 62.2 Å². The molecule has 0 bridgehead atoms. The highest BCUT2D eigenvalue weighted by Gasteiger charge is 2.29. The number of hydrogen-bond donors (Lipinski definition) is 2. The highest BCUT2D eigenvalue weighted by molar-refractivity contribution is 7.99. The summed E-state index contributed by atoms with van der Waals surface area (Å²) in [6.45, 7) is 7.33. The molecule has 0 saturated carbocycles. The summed E-state index contributed by atoms with van der Waals surface area (Å²) in [4.78, 5) is 3.47. The molecule has 2 heterocycles. The molecule has 5 rings (SSSR count). The molecule has 0 amide bonds. The summed E-state index contributed by atoms with van der Waals surface area (Å²) in [5.41, 5.74) is 2.97. The lowest BCUT2D eigenvalue weighted by atomic mass is 9.96. The molecule has 5 nitrogen and oxygen atoms in total. The van der Waals surface area contributed by atoms with E-state index in [0.717, 1.165) is 57.8 Å². The minimum atomic E-state index is -0.153. The average Bonchev–Trinajstić information content (AvgIpc) is 3.23. The SMILES string of the molecule is CC[C@@H]1CCN(CCOc2ccc([C@H]3CSc4cc(O)ccc4O3)c(-c3cccc(O)c3)c2)[C@@H]1C. The first-order valence-electron chi connectivity index (χ1n) is 12.4. The van der Waals surface area contributed by atoms with Gasteiger partial charge in [-0.2, -0.15) is 0 Å². The third-order valence-corrected chi connectivity index (χ3v) is 8.43. The van der Waals surface area contributed by atoms with Crippen molar-refractivity contribution in [2.45, 2.75) is 43.7 Å². The van der Waals surface area contributed by atoms with Crippen LogP contribution in [0.5, 0.6) is 23.0 Å². The van der Waals surface area contributed by atoms with Gasteiger partial charge in [0.1, 0.15) is 35.7 Å². The van der Waals surface area contributed by atoms with Gasteiger partial charge in [-0.15, -0.1) is 11.8 Å². The van der Waals surface area contributed by atoms with E-state index in [9.17, 15) is 10.2 Å². The summed E-state index contributed by atoms with van der Waals surface area (Å²) in [7, 11) is 0. The van der Waals surface area contributed by atoms with Gasteiger partial charge in [0.2, 0.25) is 0 Å². The molecule has 3 atom stereocenters. The van der Waals surface area contributed by atoms with E-state index < -0.39 is 0 Å². The Kier molecular flexibility index (Phi) is 7.12. The zero-order chi connectivity index (χ0) is 24.4. The standard InChI is InChI=1S/C29H33NO4S/c1-3-20-11-12-30(19(20)2)13-14-33-24-8-9-25(26(17-24)21-5-4-6-22(31)15-21)28-18-35-29-16-23(32)7-10-27(29)34-28/h4-10,15-17,19-20,28,31-32H,3,11-14,18H2,1-2H3/t19-,20-,28-/m1/s1. The first-order valence-corrected chi connectivity index (χ1v) is 13.4. The Morgan fingerprint density at radius 3 is 2.71 bits per heavy atom. The van der Waals surface area contributed by atoms with Crippen molar-refractivity contribution in [2.24, 2.45) is 5.92 Å². The molecule has 0 spiro atoms. The van der Waals surface area contributed by atoms with Crippen molar-refractivity contribution in [3.63, 3.8) is 0 Å². The summed E-state index contributed by atoms with van der Waals surface area (Å²) in [6, 6.07) is 19.3. The molecule has 0 aliphatic carbocycles. The highest BCUT2D eigenvalue weighted by atomic mass is 32.2. The number of aromatic hydroxyl groups is 2. The Hall–Kier alpha value is -2.83. The highest BCUT2D eigenvalue weighted by Crippen LogP contribution is 2.44. The maximum Gasteiger partial charge on any atom is 0.134 e. The van der Waals surface area contributed by atoms with E-state index in [-0.39, 0.29) is 17.6 Å². The lowest BCUT2D eigenvalue weighted by molar-refractivity contribution is 0.190. The Bertz CT molecular complexity index is 1180. The average molecular weight is 492 g/mol. The summed E-state index contributed by atoms with van der Waals surface area (Å²) in [5, 5.41) is 19.9. The van der Waals surface area contributed by atoms with Gasteiger partial charge >= 0.3 is 0 Å². The van der Waals surface area contributed by atoms with Crippen LogP contribution in [-0.4, -0.2) is 46.6 Å². The third-order valence-electron chi connectivity index (χ3n) is 7.33. The first kappa shape index (κ1) is 23.9. The second-order valence-corrected chi connectivity index (χ2v) is 10.5. The summed E-state index contributed by atoms with van der Waals surface area (Å²) in [6.07, 6.45) is 2.36. The molecule has 1 fully saturated rings. The molecule has 2 aliphatic rings. The number of benzene rings is 3. The Labute approximate surface area is 211 Å². The van der Waals surface area contributed by atoms with E-state index in [1.54, 1.807) is 36.0 Å². The Morgan fingerprint density at radius 1 is 1.06 bits per heavy atom. The van der Waals surface area contributed by atoms with Gasteiger partial charge in [0.05, 0.1) is 4.90 Å². The van der Waals surface area contributed by atoms with Crippen LogP contribution >= 0.6 is 11.8 Å². The summed E-state index contributed by atoms with van der Waals surface area (Å²) in [5.74, 6) is 3.58. The Morgan fingerprint density at radius 2 is 1.91 bits per heavy atom. The molecular formula is C29H33NO4S. The van der Waals surface area contributed by atoms with Crippen molar-refractivity contribution in [3.8, 4) is 34.1 Å². The van der Waals surface area contributed by atoms with Gasteiger partial charge in [0.25, 0.3) is 0 Å². The molecule has 2 aliphatic heterocycles. The van der Waals surface area contributed by atoms with E-state index in [4.69, 9.17) is 9.47 Å². The van der Waals surface area contributed by atoms with Crippen LogP contribution in [0.15, 0.2) is 65.6 Å². The fourth-order valence-electron chi connectivity index (χ4n) is 5.26. The van der Waals surface area contributed by atoms with Crippen molar-refractivity contribution in [2.75, 3.05) is 25.4 Å². The number of phenolic OH excluding ortho intramolecular Hbond substituents is 2. The molecule has 3 aromatic rings. The van der Waals surface area contributed by atoms with Crippen molar-refractivity contribution < 1.29 is 19.7 Å². The molecule has 1 saturated heterocycles. The van der Waals surface area contributed by atoms with Gasteiger partial charge in [-0.3, -0.25) is 4.90 Å². The number of rotatable bonds is 7. The zero-order valence-electron chi connectivity index (χ0n) is 20.3. The van der Waals surface area contributed by atoms with E-state index >= 15 is 0 Å². The largest absolute Gasteiger partial charge is 0.508 e. The third kappa shape index (κ3) is 5.24. The quantitative estimate of drug-likeness (QED) is 0.394. The normalized spacial score (nSPS) is 21.9. The predicted octanol–water partition coefficient (Wildman–Crippen LogP) is 6.49. The minimum absolute atomic E-state index is 0.153. The van der Waals surface area contributed by atoms with Crippen LogP contribution in [0.25, 0.3) is 11.1 Å². The fraction of sp³-hybridized carbons (Fsp3) is 0.379. The van der Waals surface area contributed by atoms with Gasteiger partial charge in [-0.1, -0.05) is 31.5 Å². The van der Waals surface area contributed by atoms with Crippen LogP contribution < -0.4 is 9.47 Å². The van der Waals surface area contributed by atoms with Gasteiger partial charge in [-0.25, -0.2) is 0 Å². The van der Waals surface area contributed by atoms with Crippen LogP contribution in [0.1, 0.15) is 38.4 Å². The van der Waals surface area contributed by atoms with E-state index in [1.807, 2.05) is 24.3 Å². The molecule has 2 N–H and O–H groups in total. The number of nitrogens with zero attached hydrogens (tertiary/aromatic N) is 1. The Balaban J connectivity index is 1.36. The minimum Gasteiger partial charge on any atom is -0.508 e. The molecule has 35 heavy (non-hydrogen) atoms. The first-order chi connectivity index (χ1) is 17.0. The van der Waals surface area contributed by atoms with E-state index in [1.165, 1.54) is 12.8 Å². The summed E-state index contributed by atoms with van der Waals surface area (Å²) < 4.78 is 12.6. The van der Waals surface area contributed by atoms with Crippen molar-refractivity contribution in [1.82, 2.24) is 4.90 Å². The predicted molar refractivity (Wildman–Crippen MR) is 141 cm³/mol. The van der Waals surface area contributed by atoms with Crippen LogP contribution in [0.2, 0.25) is 0 Å².